The number of ether oxygens (including phenoxy) is 1. The van der Waals surface area contributed by atoms with E-state index in [9.17, 15) is 9.59 Å². The Bertz CT molecular complexity index is 573. The van der Waals surface area contributed by atoms with E-state index in [1.54, 1.807) is 0 Å². The predicted molar refractivity (Wildman–Crippen MR) is 120 cm³/mol. The second kappa shape index (κ2) is 11.2. The fraction of sp³-hybridized carbons (Fsp3) is 0.909. The minimum absolute atomic E-state index is 0.00553. The van der Waals surface area contributed by atoms with Gasteiger partial charge in [0.05, 0.1) is 19.1 Å². The number of nitrogens with zero attached hydrogens (tertiary/aromatic N) is 4. The molecule has 0 aromatic rings. The van der Waals surface area contributed by atoms with Crippen LogP contribution in [0.1, 0.15) is 32.1 Å². The van der Waals surface area contributed by atoms with Crippen LogP contribution < -0.4 is 0 Å². The smallest absolute Gasteiger partial charge is 0.227 e. The predicted octanol–water partition coefficient (Wildman–Crippen LogP) is 0.987. The molecule has 8 heteroatoms. The molecule has 170 valence electrons. The molecule has 0 bridgehead atoms. The summed E-state index contributed by atoms with van der Waals surface area (Å²) in [5, 5.41) is 0. The summed E-state index contributed by atoms with van der Waals surface area (Å²) in [5.74, 6) is 3.00. The van der Waals surface area contributed by atoms with Crippen LogP contribution in [0.2, 0.25) is 0 Å². The van der Waals surface area contributed by atoms with Gasteiger partial charge in [0, 0.05) is 82.9 Å². The normalized spacial score (nSPS) is 28.1. The lowest BCUT2D eigenvalue weighted by Gasteiger charge is -2.41. The topological polar surface area (TPSA) is 56.3 Å². The van der Waals surface area contributed by atoms with Crippen molar-refractivity contribution in [3.05, 3.63) is 0 Å². The quantitative estimate of drug-likeness (QED) is 0.616. The molecule has 4 aliphatic rings. The van der Waals surface area contributed by atoms with Gasteiger partial charge in [-0.25, -0.2) is 0 Å². The summed E-state index contributed by atoms with van der Waals surface area (Å²) in [7, 11) is 0. The second-order valence-corrected chi connectivity index (χ2v) is 10.3. The molecule has 4 heterocycles. The monoisotopic (exact) mass is 438 g/mol. The molecule has 1 unspecified atom stereocenters. The van der Waals surface area contributed by atoms with Gasteiger partial charge in [0.15, 0.2) is 0 Å². The summed E-state index contributed by atoms with van der Waals surface area (Å²) < 4.78 is 5.40. The van der Waals surface area contributed by atoms with Crippen molar-refractivity contribution in [2.45, 2.75) is 38.1 Å². The van der Waals surface area contributed by atoms with E-state index in [0.29, 0.717) is 19.0 Å². The van der Waals surface area contributed by atoms with E-state index in [2.05, 4.69) is 26.5 Å². The average molecular weight is 439 g/mol. The summed E-state index contributed by atoms with van der Waals surface area (Å²) >= 11 is 2.05. The van der Waals surface area contributed by atoms with Crippen LogP contribution in [0.3, 0.4) is 0 Å². The molecule has 4 aliphatic heterocycles. The number of carbonyl (C=O) groups is 2. The van der Waals surface area contributed by atoms with E-state index in [1.807, 2.05) is 4.90 Å². The van der Waals surface area contributed by atoms with Gasteiger partial charge < -0.3 is 14.5 Å². The van der Waals surface area contributed by atoms with Crippen molar-refractivity contribution < 1.29 is 14.3 Å². The first kappa shape index (κ1) is 22.4. The molecule has 4 fully saturated rings. The van der Waals surface area contributed by atoms with Crippen LogP contribution in [0.15, 0.2) is 0 Å². The number of morpholine rings is 1. The molecule has 0 saturated carbocycles. The van der Waals surface area contributed by atoms with Gasteiger partial charge in [0.1, 0.15) is 0 Å². The first-order chi connectivity index (χ1) is 14.7. The van der Waals surface area contributed by atoms with Gasteiger partial charge in [-0.2, -0.15) is 11.8 Å². The van der Waals surface area contributed by atoms with Crippen LogP contribution in [0.5, 0.6) is 0 Å². The molecule has 4 saturated heterocycles. The highest BCUT2D eigenvalue weighted by molar-refractivity contribution is 7.99. The van der Waals surface area contributed by atoms with Gasteiger partial charge in [-0.05, 0) is 25.7 Å². The zero-order valence-corrected chi connectivity index (χ0v) is 19.1. The third-order valence-corrected chi connectivity index (χ3v) is 8.14. The van der Waals surface area contributed by atoms with Gasteiger partial charge in [-0.1, -0.05) is 0 Å². The third-order valence-electron chi connectivity index (χ3n) is 7.19. The van der Waals surface area contributed by atoms with Crippen molar-refractivity contribution in [2.24, 2.45) is 5.92 Å². The van der Waals surface area contributed by atoms with E-state index in [4.69, 9.17) is 4.74 Å². The average Bonchev–Trinajstić information content (AvgIpc) is 2.81. The number of amides is 2. The Morgan fingerprint density at radius 2 is 1.70 bits per heavy atom. The second-order valence-electron chi connectivity index (χ2n) is 9.09. The number of thioether (sulfide) groups is 1. The summed E-state index contributed by atoms with van der Waals surface area (Å²) in [5.41, 5.74) is 0. The Balaban J connectivity index is 1.20. The van der Waals surface area contributed by atoms with Crippen molar-refractivity contribution >= 4 is 23.6 Å². The summed E-state index contributed by atoms with van der Waals surface area (Å²) in [6.45, 7) is 10.2. The number of piperidine rings is 2. The summed E-state index contributed by atoms with van der Waals surface area (Å²) in [6.07, 6.45) is 4.43. The maximum atomic E-state index is 13.2. The molecule has 0 aromatic carbocycles. The Labute approximate surface area is 185 Å². The Hall–Kier alpha value is -0.830. The maximum absolute atomic E-state index is 13.2. The van der Waals surface area contributed by atoms with E-state index in [-0.39, 0.29) is 17.7 Å². The van der Waals surface area contributed by atoms with Crippen molar-refractivity contribution in [1.82, 2.24) is 19.6 Å². The molecule has 0 aromatic heterocycles. The van der Waals surface area contributed by atoms with Crippen LogP contribution >= 0.6 is 11.8 Å². The molecule has 7 nitrogen and oxygen atoms in total. The Morgan fingerprint density at radius 1 is 0.967 bits per heavy atom. The summed E-state index contributed by atoms with van der Waals surface area (Å²) in [6, 6.07) is 0.652. The van der Waals surface area contributed by atoms with Gasteiger partial charge in [0.2, 0.25) is 11.8 Å². The number of likely N-dealkylation sites (tertiary alicyclic amines) is 2. The molecular weight excluding hydrogens is 400 g/mol. The highest BCUT2D eigenvalue weighted by Crippen LogP contribution is 2.25. The number of hydrogen-bond acceptors (Lipinski definition) is 6. The molecule has 0 spiro atoms. The van der Waals surface area contributed by atoms with Crippen LogP contribution in [-0.4, -0.2) is 121 Å². The van der Waals surface area contributed by atoms with E-state index >= 15 is 0 Å². The lowest BCUT2D eigenvalue weighted by atomic mass is 9.94. The SMILES string of the molecule is O=C1CCC(C(=O)N2CCC(N3CCSCC3)CC2)CN1CCCN1CCOCC1. The highest BCUT2D eigenvalue weighted by Gasteiger charge is 2.35. The molecule has 30 heavy (non-hydrogen) atoms. The van der Waals surface area contributed by atoms with E-state index in [0.717, 1.165) is 78.2 Å². The minimum Gasteiger partial charge on any atom is -0.379 e. The molecule has 0 radical (unpaired) electrons. The lowest BCUT2D eigenvalue weighted by Crippen LogP contribution is -2.52. The van der Waals surface area contributed by atoms with Gasteiger partial charge >= 0.3 is 0 Å². The fourth-order valence-electron chi connectivity index (χ4n) is 5.29. The fourth-order valence-corrected chi connectivity index (χ4v) is 6.23. The minimum atomic E-state index is -0.00553. The van der Waals surface area contributed by atoms with Gasteiger partial charge in [-0.15, -0.1) is 0 Å². The third kappa shape index (κ3) is 5.90. The van der Waals surface area contributed by atoms with Gasteiger partial charge in [0.25, 0.3) is 0 Å². The van der Waals surface area contributed by atoms with E-state index in [1.165, 1.54) is 24.6 Å². The number of hydrogen-bond donors (Lipinski definition) is 0. The number of rotatable bonds is 6. The summed E-state index contributed by atoms with van der Waals surface area (Å²) in [4.78, 5) is 34.6. The standard InChI is InChI=1S/C22H38N4O3S/c27-21-3-2-19(18-26(21)7-1-6-23-10-14-29-15-11-23)22(28)25-8-4-20(5-9-25)24-12-16-30-17-13-24/h19-20H,1-18H2. The molecule has 0 N–H and O–H groups in total. The van der Waals surface area contributed by atoms with Crippen LogP contribution in [0.4, 0.5) is 0 Å². The molecule has 4 rings (SSSR count). The first-order valence-corrected chi connectivity index (χ1v) is 13.0. The van der Waals surface area contributed by atoms with Crippen LogP contribution in [0, 0.1) is 5.92 Å². The molecule has 0 aliphatic carbocycles. The molecule has 1 atom stereocenters. The largest absolute Gasteiger partial charge is 0.379 e. The molecular formula is C22H38N4O3S. The Kier molecular flexibility index (Phi) is 8.32. The first-order valence-electron chi connectivity index (χ1n) is 11.9. The molecule has 2 amide bonds. The Morgan fingerprint density at radius 3 is 2.43 bits per heavy atom. The zero-order valence-electron chi connectivity index (χ0n) is 18.3. The van der Waals surface area contributed by atoms with Crippen LogP contribution in [0.25, 0.3) is 0 Å². The van der Waals surface area contributed by atoms with E-state index < -0.39 is 0 Å². The van der Waals surface area contributed by atoms with Crippen LogP contribution in [-0.2, 0) is 14.3 Å². The van der Waals surface area contributed by atoms with Gasteiger partial charge in [-0.3, -0.25) is 19.4 Å². The number of carbonyl (C=O) groups excluding carboxylic acids is 2. The lowest BCUT2D eigenvalue weighted by molar-refractivity contribution is -0.144. The van der Waals surface area contributed by atoms with Crippen molar-refractivity contribution in [1.29, 1.82) is 0 Å². The van der Waals surface area contributed by atoms with Crippen molar-refractivity contribution in [3.63, 3.8) is 0 Å². The highest BCUT2D eigenvalue weighted by atomic mass is 32.2. The maximum Gasteiger partial charge on any atom is 0.227 e. The van der Waals surface area contributed by atoms with Crippen molar-refractivity contribution in [3.8, 4) is 0 Å². The zero-order chi connectivity index (χ0) is 20.8. The van der Waals surface area contributed by atoms with Crippen molar-refractivity contribution in [2.75, 3.05) is 83.6 Å².